The van der Waals surface area contributed by atoms with Gasteiger partial charge in [-0.1, -0.05) is 6.07 Å². The predicted molar refractivity (Wildman–Crippen MR) is 53.4 cm³/mol. The average Bonchev–Trinajstić information content (AvgIpc) is 2.17. The molecule has 0 atom stereocenters. The SMILES string of the molecule is CC(=O)c1ccc2c(O)cccc2n1. The number of aromatic hydroxyl groups is 1. The molecule has 0 radical (unpaired) electrons. The van der Waals surface area contributed by atoms with Crippen molar-refractivity contribution < 1.29 is 9.90 Å². The number of fused-ring (bicyclic) bond motifs is 1. The van der Waals surface area contributed by atoms with Crippen LogP contribution in [-0.2, 0) is 0 Å². The highest BCUT2D eigenvalue weighted by atomic mass is 16.3. The molecule has 0 aliphatic heterocycles. The summed E-state index contributed by atoms with van der Waals surface area (Å²) in [6, 6.07) is 8.38. The van der Waals surface area contributed by atoms with E-state index in [2.05, 4.69) is 4.98 Å². The number of aromatic nitrogens is 1. The molecule has 70 valence electrons. The fraction of sp³-hybridized carbons (Fsp3) is 0.0909. The first-order valence-corrected chi connectivity index (χ1v) is 4.28. The van der Waals surface area contributed by atoms with Gasteiger partial charge in [0, 0.05) is 12.3 Å². The highest BCUT2D eigenvalue weighted by molar-refractivity contribution is 5.95. The summed E-state index contributed by atoms with van der Waals surface area (Å²) in [4.78, 5) is 15.2. The van der Waals surface area contributed by atoms with E-state index in [1.54, 1.807) is 30.3 Å². The number of phenols is 1. The van der Waals surface area contributed by atoms with Crippen molar-refractivity contribution in [2.75, 3.05) is 0 Å². The second-order valence-corrected chi connectivity index (χ2v) is 3.10. The smallest absolute Gasteiger partial charge is 0.178 e. The Bertz CT molecular complexity index is 506. The minimum Gasteiger partial charge on any atom is -0.507 e. The molecule has 3 nitrogen and oxygen atoms in total. The fourth-order valence-corrected chi connectivity index (χ4v) is 1.33. The van der Waals surface area contributed by atoms with Gasteiger partial charge in [-0.25, -0.2) is 4.98 Å². The van der Waals surface area contributed by atoms with Crippen molar-refractivity contribution in [3.63, 3.8) is 0 Å². The van der Waals surface area contributed by atoms with Crippen molar-refractivity contribution in [3.8, 4) is 5.75 Å². The number of carbonyl (C=O) groups is 1. The number of ketones is 1. The maximum atomic E-state index is 11.0. The highest BCUT2D eigenvalue weighted by Gasteiger charge is 2.04. The van der Waals surface area contributed by atoms with Crippen molar-refractivity contribution in [2.24, 2.45) is 0 Å². The van der Waals surface area contributed by atoms with E-state index in [0.29, 0.717) is 16.6 Å². The van der Waals surface area contributed by atoms with E-state index >= 15 is 0 Å². The molecular formula is C11H9NO2. The number of carbonyl (C=O) groups excluding carboxylic acids is 1. The van der Waals surface area contributed by atoms with Crippen LogP contribution in [-0.4, -0.2) is 15.9 Å². The number of hydrogen-bond acceptors (Lipinski definition) is 3. The van der Waals surface area contributed by atoms with Crippen molar-refractivity contribution in [1.82, 2.24) is 4.98 Å². The van der Waals surface area contributed by atoms with Gasteiger partial charge in [0.05, 0.1) is 5.52 Å². The van der Waals surface area contributed by atoms with Crippen LogP contribution >= 0.6 is 0 Å². The summed E-state index contributed by atoms with van der Waals surface area (Å²) >= 11 is 0. The number of nitrogens with zero attached hydrogens (tertiary/aromatic N) is 1. The van der Waals surface area contributed by atoms with E-state index in [4.69, 9.17) is 0 Å². The van der Waals surface area contributed by atoms with E-state index in [1.807, 2.05) is 0 Å². The average molecular weight is 187 g/mol. The Balaban J connectivity index is 2.73. The summed E-state index contributed by atoms with van der Waals surface area (Å²) in [6.07, 6.45) is 0. The zero-order chi connectivity index (χ0) is 10.1. The summed E-state index contributed by atoms with van der Waals surface area (Å²) in [5.41, 5.74) is 1.06. The molecule has 1 aromatic heterocycles. The van der Waals surface area contributed by atoms with E-state index in [9.17, 15) is 9.90 Å². The van der Waals surface area contributed by atoms with Crippen LogP contribution in [0.25, 0.3) is 10.9 Å². The van der Waals surface area contributed by atoms with E-state index in [0.717, 1.165) is 0 Å². The molecule has 3 heteroatoms. The second kappa shape index (κ2) is 3.10. The van der Waals surface area contributed by atoms with Crippen molar-refractivity contribution in [2.45, 2.75) is 6.92 Å². The molecule has 0 saturated heterocycles. The molecule has 0 saturated carbocycles. The third kappa shape index (κ3) is 1.33. The number of hydrogen-bond donors (Lipinski definition) is 1. The predicted octanol–water partition coefficient (Wildman–Crippen LogP) is 2.14. The number of benzene rings is 1. The Morgan fingerprint density at radius 1 is 1.29 bits per heavy atom. The van der Waals surface area contributed by atoms with Crippen LogP contribution in [0.5, 0.6) is 5.75 Å². The van der Waals surface area contributed by atoms with Crippen LogP contribution in [0.4, 0.5) is 0 Å². The summed E-state index contributed by atoms with van der Waals surface area (Å²) in [5, 5.41) is 10.1. The summed E-state index contributed by atoms with van der Waals surface area (Å²) in [7, 11) is 0. The van der Waals surface area contributed by atoms with Gasteiger partial charge in [-0.05, 0) is 24.3 Å². The zero-order valence-corrected chi connectivity index (χ0v) is 7.69. The van der Waals surface area contributed by atoms with Crippen LogP contribution in [0.2, 0.25) is 0 Å². The van der Waals surface area contributed by atoms with Gasteiger partial charge in [-0.15, -0.1) is 0 Å². The molecule has 0 amide bonds. The maximum absolute atomic E-state index is 11.0. The minimum atomic E-state index is -0.0738. The summed E-state index contributed by atoms with van der Waals surface area (Å²) < 4.78 is 0. The van der Waals surface area contributed by atoms with Gasteiger partial charge in [0.2, 0.25) is 0 Å². The lowest BCUT2D eigenvalue weighted by molar-refractivity contribution is 0.101. The van der Waals surface area contributed by atoms with Crippen LogP contribution in [0, 0.1) is 0 Å². The van der Waals surface area contributed by atoms with Gasteiger partial charge in [-0.3, -0.25) is 4.79 Å². The quantitative estimate of drug-likeness (QED) is 0.696. The molecule has 0 spiro atoms. The molecule has 0 aliphatic rings. The third-order valence-electron chi connectivity index (χ3n) is 2.07. The van der Waals surface area contributed by atoms with Crippen LogP contribution in [0.3, 0.4) is 0 Å². The Hall–Kier alpha value is -1.90. The van der Waals surface area contributed by atoms with Crippen LogP contribution in [0.15, 0.2) is 30.3 Å². The van der Waals surface area contributed by atoms with Gasteiger partial charge in [0.25, 0.3) is 0 Å². The molecule has 0 unspecified atom stereocenters. The third-order valence-corrected chi connectivity index (χ3v) is 2.07. The molecule has 0 bridgehead atoms. The first kappa shape index (κ1) is 8.69. The van der Waals surface area contributed by atoms with Crippen LogP contribution < -0.4 is 0 Å². The number of rotatable bonds is 1. The van der Waals surface area contributed by atoms with E-state index in [1.165, 1.54) is 6.92 Å². The molecule has 1 heterocycles. The van der Waals surface area contributed by atoms with Crippen LogP contribution in [0.1, 0.15) is 17.4 Å². The van der Waals surface area contributed by atoms with Gasteiger partial charge in [0.15, 0.2) is 5.78 Å². The monoisotopic (exact) mass is 187 g/mol. The number of Topliss-reactive ketones (excluding diaryl/α,β-unsaturated/α-hetero) is 1. The normalized spacial score (nSPS) is 10.4. The molecular weight excluding hydrogens is 178 g/mol. The Morgan fingerprint density at radius 2 is 2.07 bits per heavy atom. The van der Waals surface area contributed by atoms with Crippen molar-refractivity contribution in [3.05, 3.63) is 36.0 Å². The maximum Gasteiger partial charge on any atom is 0.178 e. The standard InChI is InChI=1S/C11H9NO2/c1-7(13)9-6-5-8-10(12-9)3-2-4-11(8)14/h2-6,14H,1H3. The minimum absolute atomic E-state index is 0.0738. The Labute approximate surface area is 81.0 Å². The second-order valence-electron chi connectivity index (χ2n) is 3.10. The highest BCUT2D eigenvalue weighted by Crippen LogP contribution is 2.22. The van der Waals surface area contributed by atoms with E-state index < -0.39 is 0 Å². The lowest BCUT2D eigenvalue weighted by Gasteiger charge is -2.01. The van der Waals surface area contributed by atoms with Gasteiger partial charge >= 0.3 is 0 Å². The van der Waals surface area contributed by atoms with E-state index in [-0.39, 0.29) is 11.5 Å². The Kier molecular flexibility index (Phi) is 1.93. The van der Waals surface area contributed by atoms with Gasteiger partial charge in [-0.2, -0.15) is 0 Å². The lowest BCUT2D eigenvalue weighted by Crippen LogP contribution is -1.95. The molecule has 2 rings (SSSR count). The number of phenolic OH excluding ortho intramolecular Hbond substituents is 1. The first-order valence-electron chi connectivity index (χ1n) is 4.28. The molecule has 0 fully saturated rings. The van der Waals surface area contributed by atoms with Crippen molar-refractivity contribution >= 4 is 16.7 Å². The topological polar surface area (TPSA) is 50.2 Å². The molecule has 14 heavy (non-hydrogen) atoms. The summed E-state index contributed by atoms with van der Waals surface area (Å²) in [5.74, 6) is 0.111. The Morgan fingerprint density at radius 3 is 2.79 bits per heavy atom. The van der Waals surface area contributed by atoms with Gasteiger partial charge in [0.1, 0.15) is 11.4 Å². The first-order chi connectivity index (χ1) is 6.68. The molecule has 2 aromatic rings. The molecule has 1 aromatic carbocycles. The lowest BCUT2D eigenvalue weighted by atomic mass is 10.1. The van der Waals surface area contributed by atoms with Gasteiger partial charge < -0.3 is 5.11 Å². The summed E-state index contributed by atoms with van der Waals surface area (Å²) in [6.45, 7) is 1.47. The molecule has 0 aliphatic carbocycles. The largest absolute Gasteiger partial charge is 0.507 e. The zero-order valence-electron chi connectivity index (χ0n) is 7.69. The fourth-order valence-electron chi connectivity index (χ4n) is 1.33. The molecule has 1 N–H and O–H groups in total. The van der Waals surface area contributed by atoms with Crippen molar-refractivity contribution in [1.29, 1.82) is 0 Å². The number of pyridine rings is 1.